The SMILES string of the molecule is Cc1ccc(-c2nn3c4cc(NC(=O)Cn5nc(C)cc5C)ccc4nc3c3ccccc23)cc1. The molecule has 35 heavy (non-hydrogen) atoms. The van der Waals surface area contributed by atoms with E-state index in [1.54, 1.807) is 4.68 Å². The Bertz CT molecular complexity index is 1740. The average molecular weight is 461 g/mol. The van der Waals surface area contributed by atoms with Gasteiger partial charge < -0.3 is 5.32 Å². The zero-order valence-corrected chi connectivity index (χ0v) is 19.8. The van der Waals surface area contributed by atoms with Gasteiger partial charge in [0.25, 0.3) is 0 Å². The lowest BCUT2D eigenvalue weighted by Gasteiger charge is -2.09. The Hall–Kier alpha value is -4.52. The predicted octanol–water partition coefficient (Wildman–Crippen LogP) is 5.46. The molecule has 6 rings (SSSR count). The minimum Gasteiger partial charge on any atom is -0.324 e. The number of aromatic nitrogens is 5. The van der Waals surface area contributed by atoms with Crippen LogP contribution in [0.3, 0.4) is 0 Å². The van der Waals surface area contributed by atoms with E-state index in [4.69, 9.17) is 10.1 Å². The highest BCUT2D eigenvalue weighted by atomic mass is 16.2. The number of hydrogen-bond acceptors (Lipinski definition) is 4. The first-order valence-corrected chi connectivity index (χ1v) is 11.6. The normalized spacial score (nSPS) is 11.5. The van der Waals surface area contributed by atoms with Crippen LogP contribution in [0.15, 0.2) is 72.8 Å². The van der Waals surface area contributed by atoms with Crippen molar-refractivity contribution in [2.45, 2.75) is 27.3 Å². The van der Waals surface area contributed by atoms with Gasteiger partial charge in [0.1, 0.15) is 6.54 Å². The van der Waals surface area contributed by atoms with E-state index in [-0.39, 0.29) is 12.5 Å². The Labute approximate surface area is 202 Å². The third-order valence-corrected chi connectivity index (χ3v) is 6.26. The largest absolute Gasteiger partial charge is 0.324 e. The number of benzene rings is 3. The number of rotatable bonds is 4. The molecule has 3 aromatic heterocycles. The molecule has 0 radical (unpaired) electrons. The molecule has 0 atom stereocenters. The summed E-state index contributed by atoms with van der Waals surface area (Å²) in [7, 11) is 0. The summed E-state index contributed by atoms with van der Waals surface area (Å²) in [4.78, 5) is 17.6. The average Bonchev–Trinajstić information content (AvgIpc) is 3.37. The van der Waals surface area contributed by atoms with Crippen LogP contribution in [0.2, 0.25) is 0 Å². The van der Waals surface area contributed by atoms with Crippen LogP contribution in [0.25, 0.3) is 38.7 Å². The molecular weight excluding hydrogens is 436 g/mol. The maximum absolute atomic E-state index is 12.7. The molecule has 0 bridgehead atoms. The Morgan fingerprint density at radius 2 is 1.66 bits per heavy atom. The second-order valence-electron chi connectivity index (χ2n) is 8.94. The van der Waals surface area contributed by atoms with Gasteiger partial charge in [-0.2, -0.15) is 10.2 Å². The van der Waals surface area contributed by atoms with E-state index in [0.29, 0.717) is 5.69 Å². The van der Waals surface area contributed by atoms with Gasteiger partial charge in [0.2, 0.25) is 5.91 Å². The third-order valence-electron chi connectivity index (χ3n) is 6.26. The molecule has 0 aliphatic rings. The molecule has 0 spiro atoms. The number of nitrogens with one attached hydrogen (secondary N) is 1. The van der Waals surface area contributed by atoms with Crippen LogP contribution in [-0.2, 0) is 11.3 Å². The van der Waals surface area contributed by atoms with Crippen molar-refractivity contribution in [3.8, 4) is 11.3 Å². The van der Waals surface area contributed by atoms with E-state index < -0.39 is 0 Å². The summed E-state index contributed by atoms with van der Waals surface area (Å²) >= 11 is 0. The fourth-order valence-electron chi connectivity index (χ4n) is 4.55. The monoisotopic (exact) mass is 460 g/mol. The van der Waals surface area contributed by atoms with Crippen LogP contribution in [0.5, 0.6) is 0 Å². The van der Waals surface area contributed by atoms with Crippen molar-refractivity contribution >= 4 is 39.0 Å². The zero-order valence-electron chi connectivity index (χ0n) is 19.8. The first-order valence-electron chi connectivity index (χ1n) is 11.6. The molecule has 3 aromatic carbocycles. The van der Waals surface area contributed by atoms with Crippen molar-refractivity contribution in [1.29, 1.82) is 0 Å². The summed E-state index contributed by atoms with van der Waals surface area (Å²) in [5, 5.41) is 14.5. The van der Waals surface area contributed by atoms with E-state index in [0.717, 1.165) is 50.1 Å². The summed E-state index contributed by atoms with van der Waals surface area (Å²) < 4.78 is 3.59. The lowest BCUT2D eigenvalue weighted by molar-refractivity contribution is -0.116. The number of amides is 1. The number of imidazole rings is 1. The lowest BCUT2D eigenvalue weighted by atomic mass is 10.0. The molecule has 3 heterocycles. The number of nitrogens with zero attached hydrogens (tertiary/aromatic N) is 5. The van der Waals surface area contributed by atoms with E-state index in [9.17, 15) is 4.79 Å². The van der Waals surface area contributed by atoms with Crippen molar-refractivity contribution in [2.24, 2.45) is 0 Å². The van der Waals surface area contributed by atoms with E-state index >= 15 is 0 Å². The topological polar surface area (TPSA) is 77.1 Å². The highest BCUT2D eigenvalue weighted by Crippen LogP contribution is 2.31. The van der Waals surface area contributed by atoms with Gasteiger partial charge in [0.15, 0.2) is 5.65 Å². The second-order valence-corrected chi connectivity index (χ2v) is 8.94. The third kappa shape index (κ3) is 3.71. The van der Waals surface area contributed by atoms with Crippen LogP contribution >= 0.6 is 0 Å². The smallest absolute Gasteiger partial charge is 0.246 e. The number of hydrogen-bond donors (Lipinski definition) is 1. The summed E-state index contributed by atoms with van der Waals surface area (Å²) in [6, 6.07) is 24.3. The van der Waals surface area contributed by atoms with E-state index in [1.165, 1.54) is 5.56 Å². The number of fused-ring (bicyclic) bond motifs is 5. The van der Waals surface area contributed by atoms with Gasteiger partial charge >= 0.3 is 0 Å². The first kappa shape index (κ1) is 21.0. The van der Waals surface area contributed by atoms with Gasteiger partial charge in [-0.25, -0.2) is 9.50 Å². The van der Waals surface area contributed by atoms with Gasteiger partial charge in [0.05, 0.1) is 22.4 Å². The molecule has 0 saturated heterocycles. The Balaban J connectivity index is 1.45. The number of anilines is 1. The van der Waals surface area contributed by atoms with Crippen LogP contribution in [0, 0.1) is 20.8 Å². The molecule has 0 aliphatic carbocycles. The highest BCUT2D eigenvalue weighted by molar-refractivity contribution is 6.04. The predicted molar refractivity (Wildman–Crippen MR) is 139 cm³/mol. The molecule has 1 amide bonds. The fourth-order valence-corrected chi connectivity index (χ4v) is 4.55. The van der Waals surface area contributed by atoms with Crippen LogP contribution in [0.4, 0.5) is 5.69 Å². The summed E-state index contributed by atoms with van der Waals surface area (Å²) in [5.41, 5.74) is 8.13. The molecule has 0 aliphatic heterocycles. The van der Waals surface area contributed by atoms with Crippen molar-refractivity contribution in [3.05, 3.63) is 89.7 Å². The minimum absolute atomic E-state index is 0.136. The Kier molecular flexibility index (Phi) is 4.84. The van der Waals surface area contributed by atoms with Crippen LogP contribution in [0.1, 0.15) is 17.0 Å². The number of carbonyl (C=O) groups is 1. The van der Waals surface area contributed by atoms with Gasteiger partial charge in [-0.15, -0.1) is 0 Å². The molecule has 0 fully saturated rings. The molecule has 0 unspecified atom stereocenters. The van der Waals surface area contributed by atoms with Gasteiger partial charge in [0, 0.05) is 27.7 Å². The fraction of sp³-hybridized carbons (Fsp3) is 0.143. The Morgan fingerprint density at radius 3 is 2.40 bits per heavy atom. The summed E-state index contributed by atoms with van der Waals surface area (Å²) in [6.07, 6.45) is 0. The first-order chi connectivity index (χ1) is 17.0. The molecule has 172 valence electrons. The summed E-state index contributed by atoms with van der Waals surface area (Å²) in [6.45, 7) is 6.10. The number of carbonyl (C=O) groups excluding carboxylic acids is 1. The molecule has 7 heteroatoms. The maximum atomic E-state index is 12.7. The second kappa shape index (κ2) is 8.06. The minimum atomic E-state index is -0.136. The quantitative estimate of drug-likeness (QED) is 0.379. The zero-order chi connectivity index (χ0) is 24.1. The van der Waals surface area contributed by atoms with E-state index in [1.807, 2.05) is 54.8 Å². The van der Waals surface area contributed by atoms with Crippen LogP contribution < -0.4 is 5.32 Å². The Morgan fingerprint density at radius 1 is 0.886 bits per heavy atom. The maximum Gasteiger partial charge on any atom is 0.246 e. The van der Waals surface area contributed by atoms with E-state index in [2.05, 4.69) is 53.7 Å². The van der Waals surface area contributed by atoms with Crippen molar-refractivity contribution in [3.63, 3.8) is 0 Å². The standard InChI is InChI=1S/C28H24N6O/c1-17-8-10-20(11-9-17)27-22-6-4-5-7-23(22)28-30-24-13-12-21(15-25(24)34(28)32-27)29-26(35)16-33-19(3)14-18(2)31-33/h4-15H,16H2,1-3H3,(H,29,35). The molecule has 1 N–H and O–H groups in total. The lowest BCUT2D eigenvalue weighted by Crippen LogP contribution is -2.20. The molecule has 7 nitrogen and oxygen atoms in total. The summed E-state index contributed by atoms with van der Waals surface area (Å²) in [5.74, 6) is -0.136. The van der Waals surface area contributed by atoms with Crippen molar-refractivity contribution in [2.75, 3.05) is 5.32 Å². The molecular formula is C28H24N6O. The number of aryl methyl sites for hydroxylation is 3. The van der Waals surface area contributed by atoms with Gasteiger partial charge in [-0.3, -0.25) is 9.48 Å². The highest BCUT2D eigenvalue weighted by Gasteiger charge is 2.15. The van der Waals surface area contributed by atoms with Gasteiger partial charge in [-0.1, -0.05) is 54.1 Å². The van der Waals surface area contributed by atoms with Crippen molar-refractivity contribution in [1.82, 2.24) is 24.4 Å². The van der Waals surface area contributed by atoms with Crippen LogP contribution in [-0.4, -0.2) is 30.3 Å². The van der Waals surface area contributed by atoms with Crippen molar-refractivity contribution < 1.29 is 4.79 Å². The molecule has 6 aromatic rings. The van der Waals surface area contributed by atoms with Gasteiger partial charge in [-0.05, 0) is 45.0 Å². The molecule has 0 saturated carbocycles.